The average Bonchev–Trinajstić information content (AvgIpc) is 2.44. The summed E-state index contributed by atoms with van der Waals surface area (Å²) in [5.41, 5.74) is 6.51. The van der Waals surface area contributed by atoms with Gasteiger partial charge in [-0.25, -0.2) is 0 Å². The molecule has 116 valence electrons. The fourth-order valence-corrected chi connectivity index (χ4v) is 3.00. The summed E-state index contributed by atoms with van der Waals surface area (Å²) in [7, 11) is 1.38. The number of ether oxygens (including phenoxy) is 3. The lowest BCUT2D eigenvalue weighted by atomic mass is 9.84. The number of esters is 1. The van der Waals surface area contributed by atoms with Crippen molar-refractivity contribution in [2.75, 3.05) is 20.3 Å². The third-order valence-electron chi connectivity index (χ3n) is 3.53. The second-order valence-electron chi connectivity index (χ2n) is 5.70. The van der Waals surface area contributed by atoms with E-state index in [2.05, 4.69) is 15.9 Å². The third-order valence-corrected chi connectivity index (χ3v) is 4.22. The van der Waals surface area contributed by atoms with Gasteiger partial charge in [0.1, 0.15) is 13.2 Å². The Hall–Kier alpha value is -1.27. The van der Waals surface area contributed by atoms with Gasteiger partial charge in [-0.05, 0) is 38.0 Å². The second-order valence-corrected chi connectivity index (χ2v) is 6.56. The van der Waals surface area contributed by atoms with Crippen LogP contribution in [-0.4, -0.2) is 26.3 Å². The van der Waals surface area contributed by atoms with Crippen LogP contribution in [0.3, 0.4) is 0 Å². The number of halogens is 1. The maximum atomic E-state index is 11.8. The molecule has 1 atom stereocenters. The summed E-state index contributed by atoms with van der Waals surface area (Å²) in [6.07, 6.45) is 0.470. The molecule has 0 bridgehead atoms. The second kappa shape index (κ2) is 6.23. The Bertz CT molecular complexity index is 545. The number of carbonyl (C=O) groups excluding carboxylic acids is 1. The van der Waals surface area contributed by atoms with E-state index in [1.807, 2.05) is 26.0 Å². The minimum Gasteiger partial charge on any atom is -0.486 e. The first-order valence-electron chi connectivity index (χ1n) is 6.78. The molecule has 0 amide bonds. The highest BCUT2D eigenvalue weighted by Gasteiger charge is 2.32. The summed E-state index contributed by atoms with van der Waals surface area (Å²) >= 11 is 3.51. The molecule has 1 heterocycles. The molecule has 0 spiro atoms. The van der Waals surface area contributed by atoms with Gasteiger partial charge in [0.2, 0.25) is 0 Å². The van der Waals surface area contributed by atoms with E-state index in [4.69, 9.17) is 19.9 Å². The molecule has 1 unspecified atom stereocenters. The molecule has 0 radical (unpaired) electrons. The van der Waals surface area contributed by atoms with E-state index >= 15 is 0 Å². The van der Waals surface area contributed by atoms with Crippen molar-refractivity contribution in [1.82, 2.24) is 0 Å². The van der Waals surface area contributed by atoms with Gasteiger partial charge < -0.3 is 19.9 Å². The van der Waals surface area contributed by atoms with E-state index in [0.717, 1.165) is 10.0 Å². The fraction of sp³-hybridized carbons (Fsp3) is 0.533. The first-order valence-corrected chi connectivity index (χ1v) is 7.57. The molecule has 0 saturated carbocycles. The van der Waals surface area contributed by atoms with Crippen molar-refractivity contribution in [2.24, 2.45) is 11.1 Å². The Balaban J connectivity index is 2.23. The average molecular weight is 358 g/mol. The molecule has 1 aromatic rings. The molecule has 1 aliphatic heterocycles. The molecule has 2 N–H and O–H groups in total. The Morgan fingerprint density at radius 2 is 1.95 bits per heavy atom. The molecular weight excluding hydrogens is 338 g/mol. The van der Waals surface area contributed by atoms with Crippen molar-refractivity contribution in [1.29, 1.82) is 0 Å². The molecule has 0 aliphatic carbocycles. The fourth-order valence-electron chi connectivity index (χ4n) is 2.38. The van der Waals surface area contributed by atoms with E-state index in [0.29, 0.717) is 31.1 Å². The van der Waals surface area contributed by atoms with Crippen LogP contribution in [0.15, 0.2) is 16.6 Å². The van der Waals surface area contributed by atoms with Crippen molar-refractivity contribution in [3.63, 3.8) is 0 Å². The number of carbonyl (C=O) groups is 1. The van der Waals surface area contributed by atoms with E-state index in [1.54, 1.807) is 0 Å². The topological polar surface area (TPSA) is 70.8 Å². The molecule has 0 fully saturated rings. The molecule has 1 aliphatic rings. The zero-order chi connectivity index (χ0) is 15.6. The minimum absolute atomic E-state index is 0.272. The molecule has 1 aromatic carbocycles. The van der Waals surface area contributed by atoms with Gasteiger partial charge in [0, 0.05) is 10.5 Å². The van der Waals surface area contributed by atoms with Gasteiger partial charge in [-0.1, -0.05) is 15.9 Å². The molecule has 0 saturated heterocycles. The quantitative estimate of drug-likeness (QED) is 0.838. The van der Waals surface area contributed by atoms with Crippen molar-refractivity contribution in [3.8, 4) is 11.5 Å². The number of hydrogen-bond acceptors (Lipinski definition) is 5. The highest BCUT2D eigenvalue weighted by atomic mass is 79.9. The van der Waals surface area contributed by atoms with E-state index in [9.17, 15) is 4.79 Å². The van der Waals surface area contributed by atoms with Crippen molar-refractivity contribution < 1.29 is 19.0 Å². The lowest BCUT2D eigenvalue weighted by Gasteiger charge is -2.27. The van der Waals surface area contributed by atoms with E-state index in [-0.39, 0.29) is 12.0 Å². The summed E-state index contributed by atoms with van der Waals surface area (Å²) in [6.45, 7) is 4.71. The Morgan fingerprint density at radius 1 is 1.38 bits per heavy atom. The molecule has 6 heteroatoms. The highest BCUT2D eigenvalue weighted by Crippen LogP contribution is 2.40. The monoisotopic (exact) mass is 357 g/mol. The Kier molecular flexibility index (Phi) is 4.78. The van der Waals surface area contributed by atoms with Gasteiger partial charge in [-0.2, -0.15) is 0 Å². The number of methoxy groups -OCH3 is 1. The maximum absolute atomic E-state index is 11.8. The van der Waals surface area contributed by atoms with Crippen LogP contribution in [0, 0.1) is 5.41 Å². The normalized spacial score (nSPS) is 15.5. The molecule has 5 nitrogen and oxygen atoms in total. The van der Waals surface area contributed by atoms with Crippen LogP contribution in [0.1, 0.15) is 31.9 Å². The van der Waals surface area contributed by atoms with Crippen LogP contribution >= 0.6 is 15.9 Å². The zero-order valence-corrected chi connectivity index (χ0v) is 14.0. The van der Waals surface area contributed by atoms with Crippen molar-refractivity contribution >= 4 is 21.9 Å². The van der Waals surface area contributed by atoms with Crippen LogP contribution in [0.4, 0.5) is 0 Å². The largest absolute Gasteiger partial charge is 0.486 e. The number of nitrogens with two attached hydrogens (primary N) is 1. The number of benzene rings is 1. The predicted molar refractivity (Wildman–Crippen MR) is 82.5 cm³/mol. The summed E-state index contributed by atoms with van der Waals surface area (Å²) in [6, 6.07) is 3.41. The van der Waals surface area contributed by atoms with Crippen LogP contribution in [-0.2, 0) is 9.53 Å². The number of rotatable bonds is 4. The summed E-state index contributed by atoms with van der Waals surface area (Å²) in [4.78, 5) is 11.8. The van der Waals surface area contributed by atoms with Crippen molar-refractivity contribution in [2.45, 2.75) is 26.3 Å². The molecule has 21 heavy (non-hydrogen) atoms. The minimum atomic E-state index is -0.652. The summed E-state index contributed by atoms with van der Waals surface area (Å²) in [5, 5.41) is 0. The maximum Gasteiger partial charge on any atom is 0.311 e. The van der Waals surface area contributed by atoms with E-state index in [1.165, 1.54) is 7.11 Å². The number of fused-ring (bicyclic) bond motifs is 1. The van der Waals surface area contributed by atoms with Gasteiger partial charge >= 0.3 is 5.97 Å². The van der Waals surface area contributed by atoms with Crippen LogP contribution in [0.2, 0.25) is 0 Å². The SMILES string of the molecule is COC(=O)C(C)(C)CC(N)c1cc2c(cc1Br)OCCO2. The highest BCUT2D eigenvalue weighted by molar-refractivity contribution is 9.10. The van der Waals surface area contributed by atoms with Gasteiger partial charge in [-0.15, -0.1) is 0 Å². The molecule has 0 aromatic heterocycles. The first kappa shape index (κ1) is 16.1. The van der Waals surface area contributed by atoms with Crippen molar-refractivity contribution in [3.05, 3.63) is 22.2 Å². The number of hydrogen-bond donors (Lipinski definition) is 1. The van der Waals surface area contributed by atoms with Gasteiger partial charge in [0.05, 0.1) is 12.5 Å². The van der Waals surface area contributed by atoms with Gasteiger partial charge in [0.15, 0.2) is 11.5 Å². The zero-order valence-electron chi connectivity index (χ0n) is 12.4. The lowest BCUT2D eigenvalue weighted by Crippen LogP contribution is -2.30. The van der Waals surface area contributed by atoms with E-state index < -0.39 is 5.41 Å². The third kappa shape index (κ3) is 3.49. The molecule has 2 rings (SSSR count). The lowest BCUT2D eigenvalue weighted by molar-refractivity contribution is -0.151. The molecular formula is C15H20BrNO4. The standard InChI is InChI=1S/C15H20BrNO4/c1-15(2,14(18)19-3)8-11(17)9-6-12-13(7-10(9)16)21-5-4-20-12/h6-7,11H,4-5,8,17H2,1-3H3. The Morgan fingerprint density at radius 3 is 2.52 bits per heavy atom. The van der Waals surface area contributed by atoms with Gasteiger partial charge in [-0.3, -0.25) is 4.79 Å². The first-order chi connectivity index (χ1) is 9.85. The summed E-state index contributed by atoms with van der Waals surface area (Å²) < 4.78 is 16.8. The van der Waals surface area contributed by atoms with Crippen LogP contribution in [0.5, 0.6) is 11.5 Å². The van der Waals surface area contributed by atoms with Crippen LogP contribution in [0.25, 0.3) is 0 Å². The summed E-state index contributed by atoms with van der Waals surface area (Å²) in [5.74, 6) is 1.12. The van der Waals surface area contributed by atoms with Crippen LogP contribution < -0.4 is 15.2 Å². The smallest absolute Gasteiger partial charge is 0.311 e. The van der Waals surface area contributed by atoms with Gasteiger partial charge in [0.25, 0.3) is 0 Å². The Labute approximate surface area is 132 Å². The predicted octanol–water partition coefficient (Wildman–Crippen LogP) is 2.81.